The molecule has 0 aliphatic rings. The van der Waals surface area contributed by atoms with Gasteiger partial charge < -0.3 is 5.11 Å². The van der Waals surface area contributed by atoms with Gasteiger partial charge in [-0.25, -0.2) is 4.98 Å². The van der Waals surface area contributed by atoms with Crippen LogP contribution in [0.3, 0.4) is 0 Å². The summed E-state index contributed by atoms with van der Waals surface area (Å²) in [6, 6.07) is 11.9. The maximum Gasteiger partial charge on any atom is 0.316 e. The van der Waals surface area contributed by atoms with E-state index in [1.54, 1.807) is 29.6 Å². The highest BCUT2D eigenvalue weighted by Crippen LogP contribution is 2.38. The van der Waals surface area contributed by atoms with Crippen LogP contribution < -0.4 is 0 Å². The lowest BCUT2D eigenvalue weighted by Gasteiger charge is -2.12. The number of thioether (sulfide) groups is 1. The number of hydrogen-bond donors (Lipinski definition) is 1. The summed E-state index contributed by atoms with van der Waals surface area (Å²) in [6.07, 6.45) is 0. The average Bonchev–Trinajstić information content (AvgIpc) is 3.27. The zero-order valence-electron chi connectivity index (χ0n) is 12.6. The zero-order chi connectivity index (χ0) is 17.1. The van der Waals surface area contributed by atoms with E-state index in [1.165, 1.54) is 0 Å². The van der Waals surface area contributed by atoms with Gasteiger partial charge in [-0.2, -0.15) is 5.26 Å². The first-order chi connectivity index (χ1) is 11.6. The van der Waals surface area contributed by atoms with E-state index in [9.17, 15) is 15.2 Å². The monoisotopic (exact) mass is 372 g/mol. The summed E-state index contributed by atoms with van der Waals surface area (Å²) in [7, 11) is 0. The molecule has 0 amide bonds. The molecular formula is C17H12N2O2S3. The number of carboxylic acids is 1. The minimum Gasteiger partial charge on any atom is -0.480 e. The molecule has 1 atom stereocenters. The van der Waals surface area contributed by atoms with Crippen molar-refractivity contribution in [3.63, 3.8) is 0 Å². The van der Waals surface area contributed by atoms with E-state index < -0.39 is 11.2 Å². The van der Waals surface area contributed by atoms with Gasteiger partial charge in [0.15, 0.2) is 0 Å². The molecule has 0 saturated carbocycles. The molecule has 0 fully saturated rings. The molecular weight excluding hydrogens is 360 g/mol. The van der Waals surface area contributed by atoms with Gasteiger partial charge in [-0.05, 0) is 35.9 Å². The van der Waals surface area contributed by atoms with Crippen LogP contribution in [-0.4, -0.2) is 21.3 Å². The summed E-state index contributed by atoms with van der Waals surface area (Å²) >= 11 is 4.21. The summed E-state index contributed by atoms with van der Waals surface area (Å²) in [5, 5.41) is 22.5. The topological polar surface area (TPSA) is 74.0 Å². The number of carboxylic acid groups (broad SMARTS) is 1. The van der Waals surface area contributed by atoms with Crippen molar-refractivity contribution in [1.82, 2.24) is 4.98 Å². The predicted molar refractivity (Wildman–Crippen MR) is 98.5 cm³/mol. The second kappa shape index (κ2) is 7.18. The third-order valence-electron chi connectivity index (χ3n) is 3.29. The van der Waals surface area contributed by atoms with Crippen LogP contribution in [0, 0.1) is 11.3 Å². The summed E-state index contributed by atoms with van der Waals surface area (Å²) in [4.78, 5) is 17.7. The highest BCUT2D eigenvalue weighted by atomic mass is 32.2. The van der Waals surface area contributed by atoms with E-state index in [-0.39, 0.29) is 0 Å². The molecule has 0 bridgehead atoms. The molecule has 0 spiro atoms. The Bertz CT molecular complexity index is 897. The molecule has 3 rings (SSSR count). The van der Waals surface area contributed by atoms with Crippen molar-refractivity contribution in [2.75, 3.05) is 0 Å². The number of rotatable bonds is 5. The highest BCUT2D eigenvalue weighted by molar-refractivity contribution is 8.00. The van der Waals surface area contributed by atoms with Crippen molar-refractivity contribution >= 4 is 40.4 Å². The van der Waals surface area contributed by atoms with Gasteiger partial charge in [-0.3, -0.25) is 4.79 Å². The van der Waals surface area contributed by atoms with Crippen LogP contribution in [0.2, 0.25) is 0 Å². The lowest BCUT2D eigenvalue weighted by molar-refractivity contribution is -0.136. The number of carbonyl (C=O) groups is 1. The van der Waals surface area contributed by atoms with Crippen LogP contribution in [0.5, 0.6) is 0 Å². The quantitative estimate of drug-likeness (QED) is 0.640. The first-order valence-electron chi connectivity index (χ1n) is 7.02. The van der Waals surface area contributed by atoms with Crippen molar-refractivity contribution in [2.24, 2.45) is 0 Å². The predicted octanol–water partition coefficient (Wildman–Crippen LogP) is 4.98. The summed E-state index contributed by atoms with van der Waals surface area (Å²) < 4.78 is 0. The SMILES string of the molecule is CC(Sc1nc(-c2cccs2)cc(-c2cccs2)c1C#N)C(=O)O. The Hall–Kier alpha value is -2.14. The lowest BCUT2D eigenvalue weighted by atomic mass is 10.1. The van der Waals surface area contributed by atoms with Crippen molar-refractivity contribution in [2.45, 2.75) is 17.2 Å². The molecule has 3 heterocycles. The summed E-state index contributed by atoms with van der Waals surface area (Å²) in [5.41, 5.74) is 1.98. The number of nitrogens with zero attached hydrogens (tertiary/aromatic N) is 2. The second-order valence-corrected chi connectivity index (χ2v) is 8.12. The largest absolute Gasteiger partial charge is 0.480 e. The van der Waals surface area contributed by atoms with Gasteiger partial charge in [0, 0.05) is 10.4 Å². The normalized spacial score (nSPS) is 11.8. The van der Waals surface area contributed by atoms with Crippen LogP contribution in [0.4, 0.5) is 0 Å². The van der Waals surface area contributed by atoms with E-state index >= 15 is 0 Å². The molecule has 0 saturated heterocycles. The summed E-state index contributed by atoms with van der Waals surface area (Å²) in [5.74, 6) is -0.926. The molecule has 120 valence electrons. The molecule has 0 radical (unpaired) electrons. The number of aromatic nitrogens is 1. The van der Waals surface area contributed by atoms with E-state index in [0.717, 1.165) is 32.8 Å². The van der Waals surface area contributed by atoms with Crippen LogP contribution in [0.15, 0.2) is 46.1 Å². The molecule has 3 aromatic heterocycles. The Balaban J connectivity index is 2.19. The zero-order valence-corrected chi connectivity index (χ0v) is 15.0. The fourth-order valence-corrected chi connectivity index (χ4v) is 4.40. The van der Waals surface area contributed by atoms with Crippen LogP contribution in [0.1, 0.15) is 12.5 Å². The van der Waals surface area contributed by atoms with Crippen LogP contribution in [0.25, 0.3) is 21.0 Å². The maximum absolute atomic E-state index is 11.2. The Labute approximate surface area is 151 Å². The number of hydrogen-bond acceptors (Lipinski definition) is 6. The molecule has 3 aromatic rings. The van der Waals surface area contributed by atoms with E-state index in [2.05, 4.69) is 11.1 Å². The highest BCUT2D eigenvalue weighted by Gasteiger charge is 2.21. The molecule has 1 unspecified atom stereocenters. The van der Waals surface area contributed by atoms with Gasteiger partial charge >= 0.3 is 5.97 Å². The van der Waals surface area contributed by atoms with E-state index in [0.29, 0.717) is 10.6 Å². The van der Waals surface area contributed by atoms with Crippen LogP contribution >= 0.6 is 34.4 Å². The number of nitriles is 1. The van der Waals surface area contributed by atoms with Gasteiger partial charge in [0.25, 0.3) is 0 Å². The van der Waals surface area contributed by atoms with Gasteiger partial charge in [0.1, 0.15) is 16.3 Å². The molecule has 0 aliphatic carbocycles. The number of pyridine rings is 1. The molecule has 0 aliphatic heterocycles. The Morgan fingerprint density at radius 2 is 1.96 bits per heavy atom. The van der Waals surface area contributed by atoms with Crippen molar-refractivity contribution in [3.8, 4) is 27.1 Å². The Kier molecular flexibility index (Phi) is 5.00. The lowest BCUT2D eigenvalue weighted by Crippen LogP contribution is -2.12. The van der Waals surface area contributed by atoms with Crippen LogP contribution in [-0.2, 0) is 4.79 Å². The van der Waals surface area contributed by atoms with Gasteiger partial charge in [-0.15, -0.1) is 22.7 Å². The van der Waals surface area contributed by atoms with Crippen molar-refractivity contribution in [3.05, 3.63) is 46.7 Å². The summed E-state index contributed by atoms with van der Waals surface area (Å²) in [6.45, 7) is 1.60. The molecule has 24 heavy (non-hydrogen) atoms. The molecule has 7 heteroatoms. The average molecular weight is 372 g/mol. The van der Waals surface area contributed by atoms with Crippen molar-refractivity contribution < 1.29 is 9.90 Å². The maximum atomic E-state index is 11.2. The number of thiophene rings is 2. The minimum atomic E-state index is -0.926. The second-order valence-electron chi connectivity index (χ2n) is 4.90. The van der Waals surface area contributed by atoms with Gasteiger partial charge in [-0.1, -0.05) is 23.9 Å². The van der Waals surface area contributed by atoms with Crippen molar-refractivity contribution in [1.29, 1.82) is 5.26 Å². The van der Waals surface area contributed by atoms with Gasteiger partial charge in [0.05, 0.1) is 16.1 Å². The third kappa shape index (κ3) is 3.36. The fraction of sp³-hybridized carbons (Fsp3) is 0.118. The molecule has 4 nitrogen and oxygen atoms in total. The number of aliphatic carboxylic acids is 1. The third-order valence-corrected chi connectivity index (χ3v) is 6.16. The Morgan fingerprint density at radius 1 is 1.29 bits per heavy atom. The minimum absolute atomic E-state index is 0.427. The first kappa shape index (κ1) is 16.7. The fourth-order valence-electron chi connectivity index (χ4n) is 2.11. The first-order valence-corrected chi connectivity index (χ1v) is 9.66. The molecule has 0 aromatic carbocycles. The Morgan fingerprint density at radius 3 is 2.50 bits per heavy atom. The van der Waals surface area contributed by atoms with Gasteiger partial charge in [0.2, 0.25) is 0 Å². The van der Waals surface area contributed by atoms with E-state index in [1.807, 2.05) is 41.1 Å². The molecule has 1 N–H and O–H groups in total. The smallest absolute Gasteiger partial charge is 0.316 e. The van der Waals surface area contributed by atoms with E-state index in [4.69, 9.17) is 0 Å². The standard InChI is InChI=1S/C17H12N2O2S3/c1-10(17(20)21)24-16-12(9-18)11(14-4-2-6-22-14)8-13(19-16)15-5-3-7-23-15/h2-8,10H,1H3,(H,20,21).